The van der Waals surface area contributed by atoms with Crippen LogP contribution in [0.15, 0.2) is 18.2 Å². The van der Waals surface area contributed by atoms with Crippen molar-refractivity contribution in [2.75, 3.05) is 13.2 Å². The van der Waals surface area contributed by atoms with Crippen LogP contribution < -0.4 is 10.5 Å². The van der Waals surface area contributed by atoms with Gasteiger partial charge in [0.2, 0.25) is 0 Å². The number of benzene rings is 1. The van der Waals surface area contributed by atoms with Gasteiger partial charge in [0.05, 0.1) is 13.2 Å². The predicted molar refractivity (Wildman–Crippen MR) is 109 cm³/mol. The van der Waals surface area contributed by atoms with E-state index < -0.39 is 5.54 Å². The zero-order valence-electron chi connectivity index (χ0n) is 17.0. The second-order valence-corrected chi connectivity index (χ2v) is 8.02. The van der Waals surface area contributed by atoms with Crippen LogP contribution in [-0.4, -0.2) is 29.0 Å². The van der Waals surface area contributed by atoms with Crippen molar-refractivity contribution in [3.05, 3.63) is 23.8 Å². The lowest BCUT2D eigenvalue weighted by molar-refractivity contribution is 0.177. The fourth-order valence-corrected chi connectivity index (χ4v) is 3.21. The standard InChI is InChI=1S/C22H39NO3/c1-4-13-22(23,17-24)14-12-19-10-11-21(20(25)16-19)26-15-8-6-5-7-9-18(2)3/h10-11,16,18,24-25H,4-9,12-15,17,23H2,1-3H3/t22-/m0/s1. The Kier molecular flexibility index (Phi) is 10.7. The maximum atomic E-state index is 10.2. The average Bonchev–Trinajstić information content (AvgIpc) is 2.60. The van der Waals surface area contributed by atoms with E-state index in [9.17, 15) is 10.2 Å². The van der Waals surface area contributed by atoms with Gasteiger partial charge in [-0.25, -0.2) is 0 Å². The first-order valence-corrected chi connectivity index (χ1v) is 10.2. The second-order valence-electron chi connectivity index (χ2n) is 8.02. The van der Waals surface area contributed by atoms with E-state index in [-0.39, 0.29) is 12.4 Å². The fraction of sp³-hybridized carbons (Fsp3) is 0.727. The molecule has 1 aromatic carbocycles. The molecule has 1 aromatic rings. The van der Waals surface area contributed by atoms with Gasteiger partial charge in [0, 0.05) is 5.54 Å². The second kappa shape index (κ2) is 12.2. The summed E-state index contributed by atoms with van der Waals surface area (Å²) in [5.41, 5.74) is 6.70. The van der Waals surface area contributed by atoms with Crippen LogP contribution >= 0.6 is 0 Å². The van der Waals surface area contributed by atoms with Crippen molar-refractivity contribution in [3.8, 4) is 11.5 Å². The molecule has 0 heterocycles. The molecular formula is C22H39NO3. The molecule has 0 aromatic heterocycles. The number of phenols is 1. The number of hydrogen-bond donors (Lipinski definition) is 3. The molecule has 26 heavy (non-hydrogen) atoms. The molecule has 1 rings (SSSR count). The van der Waals surface area contributed by atoms with Gasteiger partial charge in [0.1, 0.15) is 0 Å². The molecule has 4 N–H and O–H groups in total. The van der Waals surface area contributed by atoms with Crippen LogP contribution in [0, 0.1) is 5.92 Å². The molecule has 4 heteroatoms. The van der Waals surface area contributed by atoms with Crippen molar-refractivity contribution < 1.29 is 14.9 Å². The van der Waals surface area contributed by atoms with Crippen molar-refractivity contribution >= 4 is 0 Å². The quantitative estimate of drug-likeness (QED) is 0.414. The first kappa shape index (κ1) is 22.8. The zero-order valence-corrected chi connectivity index (χ0v) is 17.0. The largest absolute Gasteiger partial charge is 0.504 e. The molecule has 0 amide bonds. The van der Waals surface area contributed by atoms with E-state index in [1.54, 1.807) is 6.07 Å². The Labute approximate surface area is 159 Å². The van der Waals surface area contributed by atoms with Gasteiger partial charge >= 0.3 is 0 Å². The maximum absolute atomic E-state index is 10.2. The van der Waals surface area contributed by atoms with E-state index in [1.807, 2.05) is 12.1 Å². The number of rotatable bonds is 14. The highest BCUT2D eigenvalue weighted by atomic mass is 16.5. The average molecular weight is 366 g/mol. The summed E-state index contributed by atoms with van der Waals surface area (Å²) < 4.78 is 5.71. The van der Waals surface area contributed by atoms with E-state index in [0.717, 1.165) is 37.2 Å². The molecule has 0 spiro atoms. The summed E-state index contributed by atoms with van der Waals surface area (Å²) in [4.78, 5) is 0. The maximum Gasteiger partial charge on any atom is 0.160 e. The first-order valence-electron chi connectivity index (χ1n) is 10.2. The van der Waals surface area contributed by atoms with E-state index in [0.29, 0.717) is 18.8 Å². The van der Waals surface area contributed by atoms with Crippen LogP contribution in [0.25, 0.3) is 0 Å². The van der Waals surface area contributed by atoms with Crippen molar-refractivity contribution in [1.82, 2.24) is 0 Å². The summed E-state index contributed by atoms with van der Waals surface area (Å²) in [7, 11) is 0. The van der Waals surface area contributed by atoms with E-state index in [2.05, 4.69) is 20.8 Å². The highest BCUT2D eigenvalue weighted by Crippen LogP contribution is 2.28. The van der Waals surface area contributed by atoms with Crippen LogP contribution in [0.3, 0.4) is 0 Å². The van der Waals surface area contributed by atoms with Gasteiger partial charge in [-0.05, 0) is 49.3 Å². The Morgan fingerprint density at radius 3 is 2.46 bits per heavy atom. The SMILES string of the molecule is CCC[C@@](N)(CO)CCc1ccc(OCCCCCCC(C)C)c(O)c1. The molecule has 0 aliphatic carbocycles. The lowest BCUT2D eigenvalue weighted by Crippen LogP contribution is -2.43. The van der Waals surface area contributed by atoms with Gasteiger partial charge in [-0.2, -0.15) is 0 Å². The summed E-state index contributed by atoms with van der Waals surface area (Å²) >= 11 is 0. The van der Waals surface area contributed by atoms with Crippen LogP contribution in [0.1, 0.15) is 77.7 Å². The van der Waals surface area contributed by atoms with Gasteiger partial charge in [-0.1, -0.05) is 58.9 Å². The number of hydrogen-bond acceptors (Lipinski definition) is 4. The third-order valence-electron chi connectivity index (χ3n) is 4.93. The smallest absolute Gasteiger partial charge is 0.160 e. The minimum atomic E-state index is -0.533. The number of phenolic OH excluding ortho intramolecular Hbond substituents is 1. The molecule has 0 saturated carbocycles. The molecule has 150 valence electrons. The number of aliphatic hydroxyl groups is 1. The van der Waals surface area contributed by atoms with Gasteiger partial charge in [-0.3, -0.25) is 0 Å². The molecule has 0 fully saturated rings. The first-order chi connectivity index (χ1) is 12.4. The van der Waals surface area contributed by atoms with E-state index in [1.165, 1.54) is 25.7 Å². The number of aryl methyl sites for hydroxylation is 1. The molecule has 0 bridgehead atoms. The summed E-state index contributed by atoms with van der Waals surface area (Å²) in [5.74, 6) is 1.51. The number of ether oxygens (including phenoxy) is 1. The third kappa shape index (κ3) is 8.91. The van der Waals surface area contributed by atoms with Gasteiger partial charge in [0.15, 0.2) is 11.5 Å². The highest BCUT2D eigenvalue weighted by molar-refractivity contribution is 5.41. The van der Waals surface area contributed by atoms with Crippen molar-refractivity contribution in [2.45, 2.75) is 84.1 Å². The molecule has 1 atom stereocenters. The Bertz CT molecular complexity index is 504. The van der Waals surface area contributed by atoms with E-state index in [4.69, 9.17) is 10.5 Å². The Morgan fingerprint density at radius 1 is 1.12 bits per heavy atom. The molecule has 0 aliphatic rings. The summed E-state index contributed by atoms with van der Waals surface area (Å²) in [6.45, 7) is 7.22. The van der Waals surface area contributed by atoms with Gasteiger partial charge in [0.25, 0.3) is 0 Å². The molecular weight excluding hydrogens is 326 g/mol. The predicted octanol–water partition coefficient (Wildman–Crippen LogP) is 4.80. The molecule has 0 radical (unpaired) electrons. The summed E-state index contributed by atoms with van der Waals surface area (Å²) in [5, 5.41) is 19.7. The van der Waals surface area contributed by atoms with Crippen LogP contribution in [0.2, 0.25) is 0 Å². The Morgan fingerprint density at radius 2 is 1.85 bits per heavy atom. The van der Waals surface area contributed by atoms with Crippen molar-refractivity contribution in [1.29, 1.82) is 0 Å². The minimum Gasteiger partial charge on any atom is -0.504 e. The molecule has 4 nitrogen and oxygen atoms in total. The van der Waals surface area contributed by atoms with Crippen LogP contribution in [-0.2, 0) is 6.42 Å². The molecule has 0 saturated heterocycles. The Hall–Kier alpha value is -1.26. The van der Waals surface area contributed by atoms with Crippen LogP contribution in [0.5, 0.6) is 11.5 Å². The normalized spacial score (nSPS) is 13.8. The number of aromatic hydroxyl groups is 1. The minimum absolute atomic E-state index is 0.00874. The van der Waals surface area contributed by atoms with Gasteiger partial charge in [-0.15, -0.1) is 0 Å². The lowest BCUT2D eigenvalue weighted by atomic mass is 9.89. The third-order valence-corrected chi connectivity index (χ3v) is 4.93. The van der Waals surface area contributed by atoms with E-state index >= 15 is 0 Å². The molecule has 0 aliphatic heterocycles. The zero-order chi connectivity index (χ0) is 19.4. The summed E-state index contributed by atoms with van der Waals surface area (Å²) in [6.07, 6.45) is 9.20. The van der Waals surface area contributed by atoms with Crippen molar-refractivity contribution in [3.63, 3.8) is 0 Å². The number of nitrogens with two attached hydrogens (primary N) is 1. The monoisotopic (exact) mass is 365 g/mol. The highest BCUT2D eigenvalue weighted by Gasteiger charge is 2.22. The number of unbranched alkanes of at least 4 members (excludes halogenated alkanes) is 3. The lowest BCUT2D eigenvalue weighted by Gasteiger charge is -2.26. The van der Waals surface area contributed by atoms with Gasteiger partial charge < -0.3 is 20.7 Å². The summed E-state index contributed by atoms with van der Waals surface area (Å²) in [6, 6.07) is 5.56. The topological polar surface area (TPSA) is 75.7 Å². The molecule has 0 unspecified atom stereocenters. The van der Waals surface area contributed by atoms with Crippen molar-refractivity contribution in [2.24, 2.45) is 11.7 Å². The number of aliphatic hydroxyl groups excluding tert-OH is 1. The fourth-order valence-electron chi connectivity index (χ4n) is 3.21. The van der Waals surface area contributed by atoms with Crippen LogP contribution in [0.4, 0.5) is 0 Å². The Balaban J connectivity index is 2.35.